The first-order valence-electron chi connectivity index (χ1n) is 9.65. The molecule has 2 aromatic heterocycles. The zero-order chi connectivity index (χ0) is 23.8. The van der Waals surface area contributed by atoms with E-state index in [1.807, 2.05) is 0 Å². The van der Waals surface area contributed by atoms with Gasteiger partial charge in [-0.05, 0) is 23.8 Å². The van der Waals surface area contributed by atoms with Crippen molar-refractivity contribution in [2.75, 3.05) is 6.54 Å². The van der Waals surface area contributed by atoms with Gasteiger partial charge < -0.3 is 10.6 Å². The second-order valence-electron chi connectivity index (χ2n) is 7.31. The molecule has 0 bridgehead atoms. The maximum absolute atomic E-state index is 13.0. The lowest BCUT2D eigenvalue weighted by molar-refractivity contribution is -0.141. The number of imide groups is 1. The number of halogens is 3. The zero-order valence-electron chi connectivity index (χ0n) is 17.1. The average molecular weight is 458 g/mol. The molecule has 0 spiro atoms. The number of hydrogen-bond donors (Lipinski definition) is 3. The van der Waals surface area contributed by atoms with Crippen molar-refractivity contribution in [1.29, 1.82) is 0 Å². The Hall–Kier alpha value is -4.22. The number of carbonyl (C=O) groups is 3. The van der Waals surface area contributed by atoms with Crippen molar-refractivity contribution in [3.05, 3.63) is 71.8 Å². The number of alkyl halides is 3. The Kier molecular flexibility index (Phi) is 5.36. The van der Waals surface area contributed by atoms with E-state index in [4.69, 9.17) is 0 Å². The van der Waals surface area contributed by atoms with Crippen molar-refractivity contribution in [3.8, 4) is 11.1 Å². The molecule has 4 amide bonds. The Morgan fingerprint density at radius 3 is 2.48 bits per heavy atom. The zero-order valence-corrected chi connectivity index (χ0v) is 17.1. The lowest BCUT2D eigenvalue weighted by atomic mass is 9.94. The highest BCUT2D eigenvalue weighted by molar-refractivity contribution is 6.08. The maximum atomic E-state index is 13.0. The number of amides is 4. The fourth-order valence-electron chi connectivity index (χ4n) is 3.64. The summed E-state index contributed by atoms with van der Waals surface area (Å²) in [4.78, 5) is 40.9. The van der Waals surface area contributed by atoms with Gasteiger partial charge in [-0.15, -0.1) is 0 Å². The molecular weight excluding hydrogens is 441 g/mol. The van der Waals surface area contributed by atoms with Gasteiger partial charge in [0.2, 0.25) is 0 Å². The summed E-state index contributed by atoms with van der Waals surface area (Å²) < 4.78 is 39.9. The normalized spacial score (nSPS) is 18.1. The Morgan fingerprint density at radius 2 is 1.91 bits per heavy atom. The van der Waals surface area contributed by atoms with Gasteiger partial charge in [0.15, 0.2) is 5.54 Å². The van der Waals surface area contributed by atoms with Crippen LogP contribution in [0.2, 0.25) is 0 Å². The SMILES string of the molecule is Cn1nccc1C1(CNC(=O)c2ccccc2-c2ccc(C(F)(F)F)nc2)NC(=O)NC1=O. The molecular formula is C21H17F3N6O3. The number of benzene rings is 1. The number of aromatic nitrogens is 3. The van der Waals surface area contributed by atoms with Crippen LogP contribution in [0.3, 0.4) is 0 Å². The summed E-state index contributed by atoms with van der Waals surface area (Å²) in [5.41, 5.74) is -1.46. The number of rotatable bonds is 5. The van der Waals surface area contributed by atoms with E-state index >= 15 is 0 Å². The van der Waals surface area contributed by atoms with Gasteiger partial charge in [0.1, 0.15) is 5.69 Å². The first kappa shape index (κ1) is 22.0. The quantitative estimate of drug-likeness (QED) is 0.506. The van der Waals surface area contributed by atoms with E-state index in [1.54, 1.807) is 31.3 Å². The second-order valence-corrected chi connectivity index (χ2v) is 7.31. The highest BCUT2D eigenvalue weighted by Gasteiger charge is 2.50. The van der Waals surface area contributed by atoms with Gasteiger partial charge in [0.25, 0.3) is 11.8 Å². The van der Waals surface area contributed by atoms with E-state index in [0.29, 0.717) is 16.8 Å². The Morgan fingerprint density at radius 1 is 1.15 bits per heavy atom. The van der Waals surface area contributed by atoms with Gasteiger partial charge in [-0.25, -0.2) is 4.79 Å². The smallest absolute Gasteiger partial charge is 0.349 e. The van der Waals surface area contributed by atoms with Crippen molar-refractivity contribution >= 4 is 17.8 Å². The highest BCUT2D eigenvalue weighted by Crippen LogP contribution is 2.30. The van der Waals surface area contributed by atoms with Crippen molar-refractivity contribution in [2.24, 2.45) is 7.05 Å². The monoisotopic (exact) mass is 458 g/mol. The highest BCUT2D eigenvalue weighted by atomic mass is 19.4. The summed E-state index contributed by atoms with van der Waals surface area (Å²) in [6.45, 7) is -0.289. The molecule has 1 fully saturated rings. The topological polar surface area (TPSA) is 118 Å². The fourth-order valence-corrected chi connectivity index (χ4v) is 3.64. The fraction of sp³-hybridized carbons (Fsp3) is 0.190. The minimum absolute atomic E-state index is 0.156. The lowest BCUT2D eigenvalue weighted by Gasteiger charge is -2.26. The third kappa shape index (κ3) is 4.02. The minimum atomic E-state index is -4.58. The summed E-state index contributed by atoms with van der Waals surface area (Å²) in [5, 5.41) is 11.4. The molecule has 1 unspecified atom stereocenters. The minimum Gasteiger partial charge on any atom is -0.349 e. The molecule has 0 radical (unpaired) electrons. The molecule has 1 atom stereocenters. The first-order chi connectivity index (χ1) is 15.6. The summed E-state index contributed by atoms with van der Waals surface area (Å²) in [6.07, 6.45) is -2.10. The number of hydrogen-bond acceptors (Lipinski definition) is 5. The van der Waals surface area contributed by atoms with E-state index in [1.165, 1.54) is 23.0 Å². The van der Waals surface area contributed by atoms with Gasteiger partial charge in [-0.1, -0.05) is 24.3 Å². The van der Waals surface area contributed by atoms with Gasteiger partial charge in [0.05, 0.1) is 12.2 Å². The Labute approximate surface area is 185 Å². The summed E-state index contributed by atoms with van der Waals surface area (Å²) in [5.74, 6) is -1.25. The van der Waals surface area contributed by atoms with Crippen molar-refractivity contribution in [3.63, 3.8) is 0 Å². The molecule has 33 heavy (non-hydrogen) atoms. The van der Waals surface area contributed by atoms with Crippen LogP contribution >= 0.6 is 0 Å². The van der Waals surface area contributed by atoms with Crippen molar-refractivity contribution in [1.82, 2.24) is 30.7 Å². The molecule has 170 valence electrons. The van der Waals surface area contributed by atoms with E-state index < -0.39 is 35.3 Å². The van der Waals surface area contributed by atoms with Crippen LogP contribution in [0.25, 0.3) is 11.1 Å². The molecule has 0 saturated carbocycles. The molecule has 1 saturated heterocycles. The van der Waals surface area contributed by atoms with Crippen molar-refractivity contribution < 1.29 is 27.6 Å². The van der Waals surface area contributed by atoms with E-state index in [9.17, 15) is 27.6 Å². The molecule has 3 aromatic rings. The molecule has 4 rings (SSSR count). The van der Waals surface area contributed by atoms with Gasteiger partial charge in [-0.3, -0.25) is 24.6 Å². The molecule has 1 aliphatic heterocycles. The van der Waals surface area contributed by atoms with Crippen LogP contribution in [0.5, 0.6) is 0 Å². The third-order valence-corrected chi connectivity index (χ3v) is 5.25. The third-order valence-electron chi connectivity index (χ3n) is 5.25. The predicted octanol–water partition coefficient (Wildman–Crippen LogP) is 1.97. The van der Waals surface area contributed by atoms with E-state index in [0.717, 1.165) is 12.3 Å². The van der Waals surface area contributed by atoms with Crippen LogP contribution < -0.4 is 16.0 Å². The second kappa shape index (κ2) is 8.04. The maximum Gasteiger partial charge on any atom is 0.433 e. The number of pyridine rings is 1. The Bertz CT molecular complexity index is 1240. The number of carbonyl (C=O) groups excluding carboxylic acids is 3. The summed E-state index contributed by atoms with van der Waals surface area (Å²) >= 11 is 0. The van der Waals surface area contributed by atoms with Crippen molar-refractivity contribution in [2.45, 2.75) is 11.7 Å². The first-order valence-corrected chi connectivity index (χ1v) is 9.65. The Balaban J connectivity index is 1.61. The molecule has 3 heterocycles. The number of urea groups is 1. The summed E-state index contributed by atoms with van der Waals surface area (Å²) in [7, 11) is 1.59. The lowest BCUT2D eigenvalue weighted by Crippen LogP contribution is -2.53. The van der Waals surface area contributed by atoms with Gasteiger partial charge >= 0.3 is 12.2 Å². The average Bonchev–Trinajstić information content (AvgIpc) is 3.34. The molecule has 1 aliphatic rings. The molecule has 3 N–H and O–H groups in total. The van der Waals surface area contributed by atoms with Crippen LogP contribution in [0.15, 0.2) is 54.9 Å². The van der Waals surface area contributed by atoms with Crippen LogP contribution in [-0.2, 0) is 23.6 Å². The van der Waals surface area contributed by atoms with Crippen LogP contribution in [-0.4, -0.2) is 39.2 Å². The van der Waals surface area contributed by atoms with E-state index in [2.05, 4.69) is 26.0 Å². The predicted molar refractivity (Wildman–Crippen MR) is 109 cm³/mol. The number of aryl methyl sites for hydroxylation is 1. The number of nitrogens with one attached hydrogen (secondary N) is 3. The van der Waals surface area contributed by atoms with E-state index in [-0.39, 0.29) is 12.1 Å². The molecule has 0 aliphatic carbocycles. The number of nitrogens with zero attached hydrogens (tertiary/aromatic N) is 3. The molecule has 1 aromatic carbocycles. The van der Waals surface area contributed by atoms with Gasteiger partial charge in [-0.2, -0.15) is 18.3 Å². The van der Waals surface area contributed by atoms with Crippen LogP contribution in [0.1, 0.15) is 21.7 Å². The largest absolute Gasteiger partial charge is 0.433 e. The van der Waals surface area contributed by atoms with Crippen LogP contribution in [0, 0.1) is 0 Å². The van der Waals surface area contributed by atoms with Crippen LogP contribution in [0.4, 0.5) is 18.0 Å². The van der Waals surface area contributed by atoms with Gasteiger partial charge in [0, 0.05) is 30.6 Å². The molecule has 12 heteroatoms. The summed E-state index contributed by atoms with van der Waals surface area (Å²) in [6, 6.07) is 9.17. The molecule has 9 nitrogen and oxygen atoms in total. The standard InChI is InChI=1S/C21H17F3N6O3/c1-30-16(8-9-27-30)20(18(32)28-19(33)29-20)11-26-17(31)14-5-3-2-4-13(14)12-6-7-15(25-10-12)21(22,23)24/h2-10H,11H2,1H3,(H,26,31)(H2,28,29,32,33).